The molecular formula is C25H35F3N2O2. The van der Waals surface area contributed by atoms with Crippen LogP contribution in [0.25, 0.3) is 0 Å². The Morgan fingerprint density at radius 1 is 1.16 bits per heavy atom. The van der Waals surface area contributed by atoms with Crippen LogP contribution in [0.3, 0.4) is 0 Å². The Kier molecular flexibility index (Phi) is 6.61. The van der Waals surface area contributed by atoms with E-state index in [1.807, 2.05) is 4.90 Å². The molecule has 0 bridgehead atoms. The van der Waals surface area contributed by atoms with E-state index in [0.29, 0.717) is 30.6 Å². The van der Waals surface area contributed by atoms with Gasteiger partial charge in [-0.25, -0.2) is 0 Å². The van der Waals surface area contributed by atoms with Gasteiger partial charge in [-0.05, 0) is 74.8 Å². The summed E-state index contributed by atoms with van der Waals surface area (Å²) in [4.78, 5) is 18.1. The molecule has 1 aromatic rings. The molecule has 1 saturated heterocycles. The predicted molar refractivity (Wildman–Crippen MR) is 117 cm³/mol. The summed E-state index contributed by atoms with van der Waals surface area (Å²) < 4.78 is 45.1. The van der Waals surface area contributed by atoms with Gasteiger partial charge in [0.2, 0.25) is 5.91 Å². The topological polar surface area (TPSA) is 32.8 Å². The van der Waals surface area contributed by atoms with Crippen molar-refractivity contribution < 1.29 is 22.7 Å². The van der Waals surface area contributed by atoms with E-state index in [-0.39, 0.29) is 18.4 Å². The van der Waals surface area contributed by atoms with E-state index < -0.39 is 17.2 Å². The lowest BCUT2D eigenvalue weighted by Gasteiger charge is -2.41. The van der Waals surface area contributed by atoms with E-state index >= 15 is 0 Å². The fourth-order valence-electron chi connectivity index (χ4n) is 5.97. The monoisotopic (exact) mass is 452 g/mol. The first-order valence-electron chi connectivity index (χ1n) is 11.9. The van der Waals surface area contributed by atoms with Gasteiger partial charge in [-0.3, -0.25) is 4.79 Å². The zero-order valence-corrected chi connectivity index (χ0v) is 19.4. The molecule has 1 aromatic carbocycles. The second kappa shape index (κ2) is 8.98. The number of alkyl halides is 3. The molecule has 1 aliphatic carbocycles. The van der Waals surface area contributed by atoms with Gasteiger partial charge in [0.25, 0.3) is 0 Å². The third kappa shape index (κ3) is 4.43. The van der Waals surface area contributed by atoms with Crippen molar-refractivity contribution in [2.24, 2.45) is 11.3 Å². The maximum atomic E-state index is 13.9. The van der Waals surface area contributed by atoms with Crippen molar-refractivity contribution in [2.45, 2.75) is 77.2 Å². The molecule has 2 atom stereocenters. The van der Waals surface area contributed by atoms with Crippen LogP contribution in [0.4, 0.5) is 13.2 Å². The molecule has 178 valence electrons. The Balaban J connectivity index is 1.51. The fourth-order valence-corrected chi connectivity index (χ4v) is 5.97. The van der Waals surface area contributed by atoms with Gasteiger partial charge in [-0.15, -0.1) is 0 Å². The summed E-state index contributed by atoms with van der Waals surface area (Å²) >= 11 is 0. The molecule has 7 heteroatoms. The molecule has 3 aliphatic rings. The SMILES string of the molecule is CC(C)[C@]1(C(=O)N2CCc3ccc(C(F)(F)F)cc3C2)CC[C@@H](N(C)C2CCOCC2)C1. The van der Waals surface area contributed by atoms with Gasteiger partial charge in [-0.2, -0.15) is 13.2 Å². The van der Waals surface area contributed by atoms with Crippen LogP contribution >= 0.6 is 0 Å². The molecule has 0 radical (unpaired) electrons. The summed E-state index contributed by atoms with van der Waals surface area (Å²) in [6.07, 6.45) is 0.949. The van der Waals surface area contributed by atoms with E-state index in [2.05, 4.69) is 25.8 Å². The number of benzene rings is 1. The smallest absolute Gasteiger partial charge is 0.381 e. The molecule has 0 unspecified atom stereocenters. The quantitative estimate of drug-likeness (QED) is 0.652. The normalized spacial score (nSPS) is 27.2. The van der Waals surface area contributed by atoms with Gasteiger partial charge in [0.05, 0.1) is 11.0 Å². The number of amides is 1. The average molecular weight is 453 g/mol. The van der Waals surface area contributed by atoms with Crippen LogP contribution < -0.4 is 0 Å². The second-order valence-electron chi connectivity index (χ2n) is 10.2. The third-order valence-corrected chi connectivity index (χ3v) is 8.23. The number of nitrogens with zero attached hydrogens (tertiary/aromatic N) is 2. The summed E-state index contributed by atoms with van der Waals surface area (Å²) in [6, 6.07) is 4.81. The average Bonchev–Trinajstić information content (AvgIpc) is 3.24. The molecule has 4 rings (SSSR count). The molecule has 0 N–H and O–H groups in total. The van der Waals surface area contributed by atoms with Gasteiger partial charge in [0.15, 0.2) is 0 Å². The van der Waals surface area contributed by atoms with Crippen molar-refractivity contribution in [1.82, 2.24) is 9.80 Å². The van der Waals surface area contributed by atoms with E-state index in [1.165, 1.54) is 6.07 Å². The van der Waals surface area contributed by atoms with Gasteiger partial charge in [0, 0.05) is 38.4 Å². The number of carbonyl (C=O) groups excluding carboxylic acids is 1. The maximum absolute atomic E-state index is 13.9. The lowest BCUT2D eigenvalue weighted by Crippen LogP contribution is -2.49. The van der Waals surface area contributed by atoms with Crippen LogP contribution in [0.1, 0.15) is 62.6 Å². The second-order valence-corrected chi connectivity index (χ2v) is 10.2. The lowest BCUT2D eigenvalue weighted by molar-refractivity contribution is -0.146. The van der Waals surface area contributed by atoms with Crippen molar-refractivity contribution in [1.29, 1.82) is 0 Å². The minimum absolute atomic E-state index is 0.124. The minimum atomic E-state index is -4.37. The van der Waals surface area contributed by atoms with Gasteiger partial charge in [-0.1, -0.05) is 19.9 Å². The Morgan fingerprint density at radius 3 is 2.53 bits per heavy atom. The number of halogens is 3. The molecule has 4 nitrogen and oxygen atoms in total. The summed E-state index contributed by atoms with van der Waals surface area (Å²) in [5.41, 5.74) is 0.475. The first-order chi connectivity index (χ1) is 15.1. The lowest BCUT2D eigenvalue weighted by atomic mass is 9.73. The number of rotatable bonds is 4. The zero-order valence-electron chi connectivity index (χ0n) is 19.4. The van der Waals surface area contributed by atoms with Crippen molar-refractivity contribution in [3.8, 4) is 0 Å². The Morgan fingerprint density at radius 2 is 1.88 bits per heavy atom. The van der Waals surface area contributed by atoms with Crippen LogP contribution in [-0.4, -0.2) is 54.6 Å². The molecule has 32 heavy (non-hydrogen) atoms. The first kappa shape index (κ1) is 23.6. The number of hydrogen-bond acceptors (Lipinski definition) is 3. The highest BCUT2D eigenvalue weighted by atomic mass is 19.4. The highest BCUT2D eigenvalue weighted by Crippen LogP contribution is 2.48. The Labute approximate surface area is 189 Å². The standard InChI is InChI=1S/C25H35F3N2O2/c1-17(2)24(10-6-22(15-24)29(3)21-8-12-32-13-9-21)23(31)30-11-7-18-4-5-20(25(26,27)28)14-19(18)16-30/h4-5,14,17,21-22H,6-13,15-16H2,1-3H3/t22-,24+/m1/s1. The summed E-state index contributed by atoms with van der Waals surface area (Å²) in [5, 5.41) is 0. The molecule has 0 aromatic heterocycles. The molecule has 2 aliphatic heterocycles. The summed E-state index contributed by atoms with van der Waals surface area (Å²) in [7, 11) is 2.18. The largest absolute Gasteiger partial charge is 0.416 e. The number of ether oxygens (including phenoxy) is 1. The van der Waals surface area contributed by atoms with E-state index in [1.54, 1.807) is 6.07 Å². The maximum Gasteiger partial charge on any atom is 0.416 e. The first-order valence-corrected chi connectivity index (χ1v) is 11.9. The minimum Gasteiger partial charge on any atom is -0.381 e. The molecule has 0 spiro atoms. The van der Waals surface area contributed by atoms with E-state index in [4.69, 9.17) is 4.74 Å². The van der Waals surface area contributed by atoms with Crippen LogP contribution in [0.15, 0.2) is 18.2 Å². The molecule has 1 amide bonds. The third-order valence-electron chi connectivity index (χ3n) is 8.23. The summed E-state index contributed by atoms with van der Waals surface area (Å²) in [5.74, 6) is 0.310. The Bertz CT molecular complexity index is 835. The molecule has 1 saturated carbocycles. The van der Waals surface area contributed by atoms with E-state index in [0.717, 1.165) is 56.9 Å². The molecule has 2 fully saturated rings. The van der Waals surface area contributed by atoms with Gasteiger partial charge in [0.1, 0.15) is 0 Å². The van der Waals surface area contributed by atoms with Crippen LogP contribution in [0.2, 0.25) is 0 Å². The van der Waals surface area contributed by atoms with Crippen molar-refractivity contribution in [3.63, 3.8) is 0 Å². The van der Waals surface area contributed by atoms with Gasteiger partial charge < -0.3 is 14.5 Å². The number of fused-ring (bicyclic) bond motifs is 1. The van der Waals surface area contributed by atoms with E-state index in [9.17, 15) is 18.0 Å². The highest BCUT2D eigenvalue weighted by molar-refractivity contribution is 5.84. The zero-order chi connectivity index (χ0) is 23.1. The van der Waals surface area contributed by atoms with Crippen molar-refractivity contribution >= 4 is 5.91 Å². The van der Waals surface area contributed by atoms with Crippen LogP contribution in [-0.2, 0) is 28.7 Å². The summed E-state index contributed by atoms with van der Waals surface area (Å²) in [6.45, 7) is 6.67. The molecule has 2 heterocycles. The molecular weight excluding hydrogens is 417 g/mol. The fraction of sp³-hybridized carbons (Fsp3) is 0.720. The Hall–Kier alpha value is -1.60. The predicted octanol–water partition coefficient (Wildman–Crippen LogP) is 4.90. The van der Waals surface area contributed by atoms with Crippen molar-refractivity contribution in [3.05, 3.63) is 34.9 Å². The van der Waals surface area contributed by atoms with Crippen LogP contribution in [0.5, 0.6) is 0 Å². The highest BCUT2D eigenvalue weighted by Gasteiger charge is 2.50. The number of hydrogen-bond donors (Lipinski definition) is 0. The number of carbonyl (C=O) groups is 1. The van der Waals surface area contributed by atoms with Crippen LogP contribution in [0, 0.1) is 11.3 Å². The van der Waals surface area contributed by atoms with Gasteiger partial charge >= 0.3 is 6.18 Å². The van der Waals surface area contributed by atoms with Crippen molar-refractivity contribution in [2.75, 3.05) is 26.8 Å².